The zero-order chi connectivity index (χ0) is 15.8. The Bertz CT molecular complexity index is 647. The van der Waals surface area contributed by atoms with Crippen molar-refractivity contribution >= 4 is 17.9 Å². The fourth-order valence-corrected chi connectivity index (χ4v) is 1.97. The number of halogens is 3. The third-order valence-corrected chi connectivity index (χ3v) is 2.85. The molecule has 21 heavy (non-hydrogen) atoms. The fraction of sp³-hybridized carbons (Fsp3) is 0.231. The van der Waals surface area contributed by atoms with Crippen molar-refractivity contribution in [2.45, 2.75) is 19.2 Å². The maximum absolute atomic E-state index is 13.1. The maximum Gasteiger partial charge on any atom is 0.429 e. The second-order valence-electron chi connectivity index (χ2n) is 4.47. The van der Waals surface area contributed by atoms with Gasteiger partial charge in [0.2, 0.25) is 6.10 Å². The number of guanidine groups is 1. The van der Waals surface area contributed by atoms with E-state index in [0.717, 1.165) is 6.08 Å². The lowest BCUT2D eigenvalue weighted by Crippen LogP contribution is -2.40. The molecule has 0 unspecified atom stereocenters. The largest absolute Gasteiger partial charge is 0.475 e. The average Bonchev–Trinajstić information content (AvgIpc) is 2.36. The molecule has 1 aliphatic rings. The molecule has 1 atom stereocenters. The molecular weight excluding hydrogens is 287 g/mol. The highest BCUT2D eigenvalue weighted by Gasteiger charge is 2.48. The van der Waals surface area contributed by atoms with E-state index < -0.39 is 29.7 Å². The molecule has 1 amide bonds. The van der Waals surface area contributed by atoms with Gasteiger partial charge in [0, 0.05) is 5.56 Å². The number of aliphatic imine (C=N–C) groups is 1. The molecule has 1 aromatic rings. The van der Waals surface area contributed by atoms with Crippen molar-refractivity contribution in [2.75, 3.05) is 0 Å². The van der Waals surface area contributed by atoms with Crippen molar-refractivity contribution in [2.24, 2.45) is 16.5 Å². The summed E-state index contributed by atoms with van der Waals surface area (Å²) in [5, 5.41) is 0. The van der Waals surface area contributed by atoms with Crippen LogP contribution in [0.25, 0.3) is 6.08 Å². The van der Waals surface area contributed by atoms with Crippen molar-refractivity contribution in [1.29, 1.82) is 0 Å². The molecule has 2 rings (SSSR count). The normalized spacial score (nSPS) is 17.3. The number of carbonyl (C=O) groups is 1. The summed E-state index contributed by atoms with van der Waals surface area (Å²) in [6.07, 6.45) is -6.07. The van der Waals surface area contributed by atoms with E-state index in [1.807, 2.05) is 0 Å². The molecule has 8 heteroatoms. The van der Waals surface area contributed by atoms with Crippen LogP contribution >= 0.6 is 0 Å². The van der Waals surface area contributed by atoms with E-state index in [4.69, 9.17) is 16.2 Å². The quantitative estimate of drug-likeness (QED) is 0.607. The van der Waals surface area contributed by atoms with Crippen molar-refractivity contribution < 1.29 is 22.7 Å². The molecule has 0 saturated carbocycles. The first kappa shape index (κ1) is 14.9. The Morgan fingerprint density at radius 3 is 2.57 bits per heavy atom. The Morgan fingerprint density at radius 1 is 1.33 bits per heavy atom. The Hall–Kier alpha value is -2.51. The number of para-hydroxylation sites is 1. The number of aryl methyl sites for hydroxylation is 1. The average molecular weight is 299 g/mol. The first-order valence-electron chi connectivity index (χ1n) is 5.88. The smallest absolute Gasteiger partial charge is 0.429 e. The third-order valence-electron chi connectivity index (χ3n) is 2.85. The Kier molecular flexibility index (Phi) is 3.63. The number of hydrogen-bond donors (Lipinski definition) is 2. The summed E-state index contributed by atoms with van der Waals surface area (Å²) in [5.41, 5.74) is 10.3. The highest BCUT2D eigenvalue weighted by molar-refractivity contribution is 6.05. The third kappa shape index (κ3) is 2.99. The predicted octanol–water partition coefficient (Wildman–Crippen LogP) is 1.50. The molecule has 1 aliphatic heterocycles. The molecule has 5 nitrogen and oxygen atoms in total. The molecule has 0 radical (unpaired) electrons. The van der Waals surface area contributed by atoms with Gasteiger partial charge in [-0.2, -0.15) is 18.2 Å². The highest BCUT2D eigenvalue weighted by Crippen LogP contribution is 2.39. The van der Waals surface area contributed by atoms with Gasteiger partial charge in [-0.25, -0.2) is 0 Å². The second kappa shape index (κ2) is 5.12. The lowest BCUT2D eigenvalue weighted by Gasteiger charge is -2.28. The van der Waals surface area contributed by atoms with Crippen molar-refractivity contribution in [1.82, 2.24) is 0 Å². The lowest BCUT2D eigenvalue weighted by molar-refractivity contribution is -0.185. The van der Waals surface area contributed by atoms with Gasteiger partial charge in [0.1, 0.15) is 5.75 Å². The first-order valence-corrected chi connectivity index (χ1v) is 5.88. The summed E-state index contributed by atoms with van der Waals surface area (Å²) in [4.78, 5) is 14.9. The van der Waals surface area contributed by atoms with Crippen LogP contribution in [0.1, 0.15) is 11.1 Å². The van der Waals surface area contributed by atoms with Crippen molar-refractivity contribution in [3.8, 4) is 5.75 Å². The minimum Gasteiger partial charge on any atom is -0.475 e. The molecule has 0 saturated heterocycles. The number of ether oxygens (including phenoxy) is 1. The van der Waals surface area contributed by atoms with Gasteiger partial charge in [0.25, 0.3) is 5.91 Å². The van der Waals surface area contributed by atoms with Gasteiger partial charge in [-0.05, 0) is 18.6 Å². The van der Waals surface area contributed by atoms with Gasteiger partial charge in [0.05, 0.1) is 5.57 Å². The number of carbonyl (C=O) groups excluding carboxylic acids is 1. The molecule has 1 aromatic carbocycles. The zero-order valence-electron chi connectivity index (χ0n) is 10.9. The van der Waals surface area contributed by atoms with Crippen molar-refractivity contribution in [3.63, 3.8) is 0 Å². The molecule has 1 heterocycles. The molecule has 0 aromatic heterocycles. The number of benzene rings is 1. The van der Waals surface area contributed by atoms with Crippen LogP contribution in [-0.2, 0) is 4.79 Å². The molecular formula is C13H12F3N3O2. The number of hydrogen-bond acceptors (Lipinski definition) is 2. The number of fused-ring (bicyclic) bond motifs is 1. The zero-order valence-corrected chi connectivity index (χ0v) is 10.9. The van der Waals surface area contributed by atoms with E-state index in [2.05, 4.69) is 4.99 Å². The van der Waals surface area contributed by atoms with Crippen LogP contribution in [0.2, 0.25) is 0 Å². The Labute approximate surface area is 118 Å². The number of nitrogens with zero attached hydrogens (tertiary/aromatic N) is 1. The van der Waals surface area contributed by atoms with Crippen LogP contribution in [-0.4, -0.2) is 24.1 Å². The van der Waals surface area contributed by atoms with Crippen LogP contribution in [0, 0.1) is 6.92 Å². The van der Waals surface area contributed by atoms with Crippen LogP contribution in [0.3, 0.4) is 0 Å². The monoisotopic (exact) mass is 299 g/mol. The van der Waals surface area contributed by atoms with Crippen LogP contribution in [0.5, 0.6) is 5.75 Å². The summed E-state index contributed by atoms with van der Waals surface area (Å²) >= 11 is 0. The van der Waals surface area contributed by atoms with E-state index in [9.17, 15) is 18.0 Å². The summed E-state index contributed by atoms with van der Waals surface area (Å²) in [5.74, 6) is -1.71. The first-order chi connectivity index (χ1) is 9.70. The number of amides is 1. The van der Waals surface area contributed by atoms with E-state index in [-0.39, 0.29) is 5.75 Å². The SMILES string of the molecule is Cc1cccc2c1O[C@H](C(F)(F)F)C(C(=O)N=C(N)N)=C2. The van der Waals surface area contributed by atoms with Gasteiger partial charge in [0.15, 0.2) is 5.96 Å². The summed E-state index contributed by atoms with van der Waals surface area (Å²) in [6.45, 7) is 1.61. The van der Waals surface area contributed by atoms with E-state index in [1.165, 1.54) is 6.07 Å². The molecule has 0 spiro atoms. The maximum atomic E-state index is 13.1. The van der Waals surface area contributed by atoms with Crippen molar-refractivity contribution in [3.05, 3.63) is 34.9 Å². The van der Waals surface area contributed by atoms with Gasteiger partial charge in [-0.1, -0.05) is 18.2 Å². The van der Waals surface area contributed by atoms with Crippen LogP contribution in [0.15, 0.2) is 28.8 Å². The standard InChI is InChI=1S/C13H12F3N3O2/c1-6-3-2-4-7-5-8(11(20)19-12(17)18)10(13(14,15)16)21-9(6)7/h2-5,10H,1H3,(H4,17,18,19,20)/t10-/m0/s1. The van der Waals surface area contributed by atoms with Gasteiger partial charge < -0.3 is 16.2 Å². The van der Waals surface area contributed by atoms with E-state index in [1.54, 1.807) is 19.1 Å². The van der Waals surface area contributed by atoms with Gasteiger partial charge >= 0.3 is 6.18 Å². The van der Waals surface area contributed by atoms with Crippen LogP contribution in [0.4, 0.5) is 13.2 Å². The van der Waals surface area contributed by atoms with Gasteiger partial charge in [-0.3, -0.25) is 4.79 Å². The van der Waals surface area contributed by atoms with Crippen LogP contribution < -0.4 is 16.2 Å². The second-order valence-corrected chi connectivity index (χ2v) is 4.47. The summed E-state index contributed by atoms with van der Waals surface area (Å²) in [6, 6.07) is 4.80. The molecule has 112 valence electrons. The minimum atomic E-state index is -4.76. The predicted molar refractivity (Wildman–Crippen MR) is 70.4 cm³/mol. The minimum absolute atomic E-state index is 0.0843. The summed E-state index contributed by atoms with van der Waals surface area (Å²) in [7, 11) is 0. The number of alkyl halides is 3. The number of nitrogens with two attached hydrogens (primary N) is 2. The lowest BCUT2D eigenvalue weighted by atomic mass is 9.99. The fourth-order valence-electron chi connectivity index (χ4n) is 1.97. The summed E-state index contributed by atoms with van der Waals surface area (Å²) < 4.78 is 44.2. The van der Waals surface area contributed by atoms with Gasteiger partial charge in [-0.15, -0.1) is 0 Å². The molecule has 0 aliphatic carbocycles. The molecule has 0 fully saturated rings. The molecule has 0 bridgehead atoms. The van der Waals surface area contributed by atoms with E-state index in [0.29, 0.717) is 11.1 Å². The van der Waals surface area contributed by atoms with E-state index >= 15 is 0 Å². The Balaban J connectivity index is 2.56. The topological polar surface area (TPSA) is 90.7 Å². The molecule has 4 N–H and O–H groups in total. The highest BCUT2D eigenvalue weighted by atomic mass is 19.4. The number of rotatable bonds is 1. The Morgan fingerprint density at radius 2 is 2.00 bits per heavy atom.